The third-order valence-corrected chi connectivity index (χ3v) is 13.1. The SMILES string of the molecule is C#Cc1cnc(-c2ccc(C(=O)NCCNC(C)=O)s2)nc1Nc1cc(C2CC2)[nH]n1.CC(=O)NCCNC(=O)c1ccc(-c2ncc(C#C[Si](C)(C)C)c(Nc3cc(C4CC4)n(C(C)=O)n3)n2)s1. The fourth-order valence-electron chi connectivity index (χ4n) is 6.43. The van der Waals surface area contributed by atoms with Crippen LogP contribution in [0.15, 0.2) is 48.8 Å². The normalized spacial score (nSPS) is 12.8. The summed E-state index contributed by atoms with van der Waals surface area (Å²) in [6, 6.07) is 10.9. The van der Waals surface area contributed by atoms with E-state index in [2.05, 4.69) is 99.2 Å². The van der Waals surface area contributed by atoms with Crippen molar-refractivity contribution >= 4 is 83.6 Å². The van der Waals surface area contributed by atoms with Gasteiger partial charge in [0.1, 0.15) is 8.07 Å². The van der Waals surface area contributed by atoms with E-state index in [1.54, 1.807) is 36.7 Å². The minimum Gasteiger partial charge on any atom is -0.355 e. The van der Waals surface area contributed by atoms with Gasteiger partial charge in [-0.2, -0.15) is 5.10 Å². The Hall–Kier alpha value is -7.53. The van der Waals surface area contributed by atoms with Crippen molar-refractivity contribution in [2.45, 2.75) is 77.9 Å². The van der Waals surface area contributed by atoms with Crippen LogP contribution in [0.3, 0.4) is 0 Å². The summed E-state index contributed by atoms with van der Waals surface area (Å²) < 4.78 is 1.45. The largest absolute Gasteiger partial charge is 0.355 e. The maximum atomic E-state index is 12.5. The molecule has 0 aliphatic heterocycles. The molecular weight excluding hydrogens is 933 g/mol. The molecule has 0 unspecified atom stereocenters. The summed E-state index contributed by atoms with van der Waals surface area (Å²) >= 11 is 2.55. The zero-order valence-electron chi connectivity index (χ0n) is 39.0. The minimum absolute atomic E-state index is 0.136. The number of amides is 4. The second-order valence-corrected chi connectivity index (χ2v) is 24.2. The second kappa shape index (κ2) is 22.1. The van der Waals surface area contributed by atoms with Crippen LogP contribution in [0.25, 0.3) is 21.4 Å². The number of terminal acetylenes is 1. The number of hydrogen-bond donors (Lipinski definition) is 7. The van der Waals surface area contributed by atoms with Gasteiger partial charge < -0.3 is 31.9 Å². The van der Waals surface area contributed by atoms with Crippen LogP contribution in [0.4, 0.5) is 23.3 Å². The van der Waals surface area contributed by atoms with Gasteiger partial charge in [0, 0.05) is 89.0 Å². The highest BCUT2D eigenvalue weighted by Crippen LogP contribution is 2.41. The molecule has 6 aromatic heterocycles. The fraction of sp³-hybridized carbons (Fsp3) is 0.340. The number of hydrogen-bond acceptors (Lipinski definition) is 15. The number of carbonyl (C=O) groups is 5. The lowest BCUT2D eigenvalue weighted by Crippen LogP contribution is -2.33. The van der Waals surface area contributed by atoms with E-state index in [1.807, 2.05) is 12.1 Å². The topological polar surface area (TPSA) is 256 Å². The summed E-state index contributed by atoms with van der Waals surface area (Å²) in [5.74, 6) is 8.90. The maximum Gasteiger partial charge on any atom is 0.261 e. The first-order valence-corrected chi connectivity index (χ1v) is 27.4. The summed E-state index contributed by atoms with van der Waals surface area (Å²) in [7, 11) is -1.66. The number of aromatic amines is 1. The molecule has 8 rings (SSSR count). The van der Waals surface area contributed by atoms with Crippen LogP contribution in [-0.2, 0) is 9.59 Å². The van der Waals surface area contributed by atoms with Crippen molar-refractivity contribution in [2.75, 3.05) is 36.8 Å². The van der Waals surface area contributed by atoms with Gasteiger partial charge >= 0.3 is 0 Å². The molecular formula is C47H52N14O5S2Si. The van der Waals surface area contributed by atoms with Crippen molar-refractivity contribution in [2.24, 2.45) is 0 Å². The predicted octanol–water partition coefficient (Wildman–Crippen LogP) is 6.17. The summed E-state index contributed by atoms with van der Waals surface area (Å²) in [5, 5.41) is 29.0. The summed E-state index contributed by atoms with van der Waals surface area (Å²) in [6.07, 6.45) is 13.3. The van der Waals surface area contributed by atoms with E-state index in [1.165, 1.54) is 61.0 Å². The first-order chi connectivity index (χ1) is 33.0. The highest BCUT2D eigenvalue weighted by molar-refractivity contribution is 7.17. The molecule has 69 heavy (non-hydrogen) atoms. The number of nitrogens with one attached hydrogen (secondary N) is 7. The molecule has 19 nitrogen and oxygen atoms in total. The molecule has 0 spiro atoms. The molecule has 0 saturated heterocycles. The zero-order chi connectivity index (χ0) is 49.2. The molecule has 2 fully saturated rings. The Morgan fingerprint density at radius 3 is 1.75 bits per heavy atom. The minimum atomic E-state index is -1.66. The van der Waals surface area contributed by atoms with Gasteiger partial charge in [-0.25, -0.2) is 24.6 Å². The Bertz CT molecular complexity index is 3000. The Morgan fingerprint density at radius 2 is 1.25 bits per heavy atom. The highest BCUT2D eigenvalue weighted by atomic mass is 32.1. The van der Waals surface area contributed by atoms with Gasteiger partial charge in [0.2, 0.25) is 17.7 Å². The van der Waals surface area contributed by atoms with E-state index in [9.17, 15) is 24.0 Å². The molecule has 0 radical (unpaired) electrons. The van der Waals surface area contributed by atoms with Crippen LogP contribution < -0.4 is 31.9 Å². The third-order valence-electron chi connectivity index (χ3n) is 10.1. The van der Waals surface area contributed by atoms with Crippen molar-refractivity contribution < 1.29 is 24.0 Å². The van der Waals surface area contributed by atoms with Crippen LogP contribution in [0, 0.1) is 23.8 Å². The summed E-state index contributed by atoms with van der Waals surface area (Å²) in [6.45, 7) is 12.3. The van der Waals surface area contributed by atoms with Crippen molar-refractivity contribution in [1.29, 1.82) is 0 Å². The van der Waals surface area contributed by atoms with Gasteiger partial charge in [-0.15, -0.1) is 39.7 Å². The molecule has 2 aliphatic rings. The van der Waals surface area contributed by atoms with E-state index in [0.717, 1.165) is 34.0 Å². The molecule has 22 heteroatoms. The number of H-pyrrole nitrogens is 1. The molecule has 0 aromatic carbocycles. The average Bonchev–Trinajstić information content (AvgIpc) is 4.08. The van der Waals surface area contributed by atoms with Gasteiger partial charge in [0.25, 0.3) is 11.8 Å². The van der Waals surface area contributed by atoms with E-state index >= 15 is 0 Å². The molecule has 4 amide bonds. The maximum absolute atomic E-state index is 12.5. The number of aromatic nitrogens is 8. The Morgan fingerprint density at radius 1 is 0.725 bits per heavy atom. The van der Waals surface area contributed by atoms with Gasteiger partial charge in [-0.1, -0.05) is 31.5 Å². The Labute approximate surface area is 407 Å². The number of rotatable bonds is 16. The molecule has 0 atom stereocenters. The van der Waals surface area contributed by atoms with E-state index in [4.69, 9.17) is 11.4 Å². The lowest BCUT2D eigenvalue weighted by Gasteiger charge is -2.08. The average molecular weight is 985 g/mol. The third kappa shape index (κ3) is 14.0. The van der Waals surface area contributed by atoms with Crippen molar-refractivity contribution in [3.8, 4) is 45.2 Å². The van der Waals surface area contributed by atoms with Crippen LogP contribution in [0.1, 0.15) is 105 Å². The first kappa shape index (κ1) is 49.4. The summed E-state index contributed by atoms with van der Waals surface area (Å²) in [4.78, 5) is 79.5. The second-order valence-electron chi connectivity index (χ2n) is 17.3. The summed E-state index contributed by atoms with van der Waals surface area (Å²) in [5.41, 5.74) is 6.51. The highest BCUT2D eigenvalue weighted by Gasteiger charge is 2.30. The van der Waals surface area contributed by atoms with E-state index in [0.29, 0.717) is 93.8 Å². The standard InChI is InChI=1S/C26H31N7O3SSi.C21H21N7O2S/c1-16(34)27-11-12-28-26(36)22-9-8-21(37-22)25-29-15-19(10-13-38(3,4)5)24(31-25)30-23-14-20(18-6-7-18)33(32-23)17(2)35;1-3-13-11-24-20(26-19(13)25-18-10-15(27-28-18)14-4-5-14)16-6-7-17(31-16)21(30)23-9-8-22-12(2)29/h8-9,14-15,18H,6-7,11-12H2,1-5H3,(H,27,34)(H,28,36)(H,29,30,31,32);1,6-7,10-11,14H,4-5,8-9H2,2H3,(H,22,29)(H,23,30)(H2,24,25,26,27,28). The van der Waals surface area contributed by atoms with Gasteiger partial charge in [0.05, 0.1) is 36.3 Å². The number of anilines is 4. The van der Waals surface area contributed by atoms with Gasteiger partial charge in [0.15, 0.2) is 34.9 Å². The van der Waals surface area contributed by atoms with Crippen molar-refractivity contribution in [1.82, 2.24) is 61.2 Å². The lowest BCUT2D eigenvalue weighted by atomic mass is 10.2. The van der Waals surface area contributed by atoms with Gasteiger partial charge in [-0.05, 0) is 49.9 Å². The van der Waals surface area contributed by atoms with Crippen molar-refractivity contribution in [3.63, 3.8) is 0 Å². The molecule has 2 saturated carbocycles. The van der Waals surface area contributed by atoms with Crippen LogP contribution in [-0.4, -0.2) is 104 Å². The van der Waals surface area contributed by atoms with Crippen LogP contribution in [0.5, 0.6) is 0 Å². The molecule has 7 N–H and O–H groups in total. The van der Waals surface area contributed by atoms with Crippen LogP contribution in [0.2, 0.25) is 19.6 Å². The van der Waals surface area contributed by atoms with E-state index < -0.39 is 8.07 Å². The zero-order valence-corrected chi connectivity index (χ0v) is 41.6. The van der Waals surface area contributed by atoms with E-state index in [-0.39, 0.29) is 29.5 Å². The lowest BCUT2D eigenvalue weighted by molar-refractivity contribution is -0.119. The molecule has 356 valence electrons. The Kier molecular flexibility index (Phi) is 15.8. The quantitative estimate of drug-likeness (QED) is 0.0326. The van der Waals surface area contributed by atoms with Crippen LogP contribution >= 0.6 is 22.7 Å². The molecule has 2 aliphatic carbocycles. The fourth-order valence-corrected chi connectivity index (χ4v) is 8.67. The number of thiophene rings is 2. The molecule has 0 bridgehead atoms. The Balaban J connectivity index is 0.000000208. The van der Waals surface area contributed by atoms with Crippen molar-refractivity contribution in [3.05, 3.63) is 81.1 Å². The predicted molar refractivity (Wildman–Crippen MR) is 269 cm³/mol. The van der Waals surface area contributed by atoms with Gasteiger partial charge in [-0.3, -0.25) is 29.1 Å². The number of nitrogens with zero attached hydrogens (tertiary/aromatic N) is 7. The smallest absolute Gasteiger partial charge is 0.261 e. The first-order valence-electron chi connectivity index (χ1n) is 22.2. The molecule has 6 aromatic rings. The monoisotopic (exact) mass is 984 g/mol. The molecule has 6 heterocycles. The number of carbonyl (C=O) groups excluding carboxylic acids is 5.